The van der Waals surface area contributed by atoms with Gasteiger partial charge in [-0.25, -0.2) is 22.9 Å². The van der Waals surface area contributed by atoms with Gasteiger partial charge >= 0.3 is 5.97 Å². The number of rotatable bonds is 6. The number of nitrogens with zero attached hydrogens (tertiary/aromatic N) is 1. The third kappa shape index (κ3) is 5.10. The zero-order valence-electron chi connectivity index (χ0n) is 10.6. The van der Waals surface area contributed by atoms with Gasteiger partial charge in [0.2, 0.25) is 10.0 Å². The quantitative estimate of drug-likeness (QED) is 0.472. The summed E-state index contributed by atoms with van der Waals surface area (Å²) in [6.45, 7) is 0.444. The van der Waals surface area contributed by atoms with E-state index in [4.69, 9.17) is 5.73 Å². The first-order valence-electron chi connectivity index (χ1n) is 5.36. The summed E-state index contributed by atoms with van der Waals surface area (Å²) in [6, 6.07) is 1.44. The molecule has 9 heteroatoms. The molecule has 0 bridgehead atoms. The number of carbonyl (C=O) groups is 1. The van der Waals surface area contributed by atoms with E-state index in [0.717, 1.165) is 6.26 Å². The molecule has 1 heterocycles. The van der Waals surface area contributed by atoms with Crippen LogP contribution in [0.4, 0.5) is 11.5 Å². The molecule has 0 aliphatic heterocycles. The number of anilines is 2. The van der Waals surface area contributed by atoms with Crippen LogP contribution in [-0.4, -0.2) is 45.8 Å². The summed E-state index contributed by atoms with van der Waals surface area (Å²) in [5.41, 5.74) is 6.07. The van der Waals surface area contributed by atoms with Gasteiger partial charge in [0.05, 0.1) is 25.2 Å². The SMILES string of the molecule is COC(=O)c1cc(N)cnc1NCCNS(C)(=O)=O. The average Bonchev–Trinajstić information content (AvgIpc) is 2.33. The summed E-state index contributed by atoms with van der Waals surface area (Å²) >= 11 is 0. The van der Waals surface area contributed by atoms with E-state index in [1.807, 2.05) is 0 Å². The third-order valence-electron chi connectivity index (χ3n) is 2.10. The van der Waals surface area contributed by atoms with E-state index in [1.165, 1.54) is 19.4 Å². The molecule has 0 spiro atoms. The monoisotopic (exact) mass is 288 g/mol. The van der Waals surface area contributed by atoms with Crippen LogP contribution in [0.5, 0.6) is 0 Å². The zero-order chi connectivity index (χ0) is 14.5. The predicted molar refractivity (Wildman–Crippen MR) is 71.3 cm³/mol. The summed E-state index contributed by atoms with van der Waals surface area (Å²) in [5, 5.41) is 2.83. The molecule has 0 unspecified atom stereocenters. The smallest absolute Gasteiger partial charge is 0.341 e. The van der Waals surface area contributed by atoms with Crippen molar-refractivity contribution in [3.63, 3.8) is 0 Å². The molecule has 8 nitrogen and oxygen atoms in total. The Morgan fingerprint density at radius 1 is 1.47 bits per heavy atom. The van der Waals surface area contributed by atoms with Gasteiger partial charge < -0.3 is 15.8 Å². The summed E-state index contributed by atoms with van der Waals surface area (Å²) in [7, 11) is -1.99. The third-order valence-corrected chi connectivity index (χ3v) is 2.82. The van der Waals surface area contributed by atoms with Crippen LogP contribution in [0.25, 0.3) is 0 Å². The molecule has 4 N–H and O–H groups in total. The standard InChI is InChI=1S/C10H16N4O4S/c1-18-10(15)8-5-7(11)6-13-9(8)12-3-4-14-19(2,16)17/h5-6,14H,3-4,11H2,1-2H3,(H,12,13). The van der Waals surface area contributed by atoms with E-state index in [1.54, 1.807) is 0 Å². The molecular weight excluding hydrogens is 272 g/mol. The van der Waals surface area contributed by atoms with E-state index in [9.17, 15) is 13.2 Å². The van der Waals surface area contributed by atoms with Crippen LogP contribution in [0.1, 0.15) is 10.4 Å². The fourth-order valence-electron chi connectivity index (χ4n) is 1.30. The minimum absolute atomic E-state index is 0.172. The lowest BCUT2D eigenvalue weighted by Crippen LogP contribution is -2.28. The number of hydrogen-bond donors (Lipinski definition) is 3. The van der Waals surface area contributed by atoms with E-state index in [-0.39, 0.29) is 24.5 Å². The number of ether oxygens (including phenoxy) is 1. The van der Waals surface area contributed by atoms with Gasteiger partial charge in [0.15, 0.2) is 0 Å². The Morgan fingerprint density at radius 3 is 2.74 bits per heavy atom. The molecule has 0 saturated heterocycles. The second-order valence-electron chi connectivity index (χ2n) is 3.75. The van der Waals surface area contributed by atoms with Crippen molar-refractivity contribution in [2.24, 2.45) is 0 Å². The van der Waals surface area contributed by atoms with Gasteiger partial charge in [-0.1, -0.05) is 0 Å². The topological polar surface area (TPSA) is 123 Å². The molecule has 1 aromatic heterocycles. The van der Waals surface area contributed by atoms with Crippen molar-refractivity contribution >= 4 is 27.5 Å². The van der Waals surface area contributed by atoms with E-state index >= 15 is 0 Å². The molecule has 0 aliphatic carbocycles. The first-order chi connectivity index (χ1) is 8.83. The number of pyridine rings is 1. The number of nitrogen functional groups attached to an aromatic ring is 1. The molecule has 0 amide bonds. The molecule has 1 rings (SSSR count). The van der Waals surface area contributed by atoms with Gasteiger partial charge in [-0.05, 0) is 6.07 Å². The highest BCUT2D eigenvalue weighted by atomic mass is 32.2. The lowest BCUT2D eigenvalue weighted by atomic mass is 10.2. The van der Waals surface area contributed by atoms with Crippen molar-refractivity contribution in [1.29, 1.82) is 0 Å². The zero-order valence-corrected chi connectivity index (χ0v) is 11.5. The maximum Gasteiger partial charge on any atom is 0.341 e. The largest absolute Gasteiger partial charge is 0.465 e. The lowest BCUT2D eigenvalue weighted by molar-refractivity contribution is 0.0601. The van der Waals surface area contributed by atoms with Crippen LogP contribution in [0.2, 0.25) is 0 Å². The Hall–Kier alpha value is -1.87. The average molecular weight is 288 g/mol. The van der Waals surface area contributed by atoms with Crippen LogP contribution in [0.15, 0.2) is 12.3 Å². The van der Waals surface area contributed by atoms with Crippen molar-refractivity contribution in [3.8, 4) is 0 Å². The molecular formula is C10H16N4O4S. The van der Waals surface area contributed by atoms with E-state index in [2.05, 4.69) is 19.8 Å². The number of nitrogens with two attached hydrogens (primary N) is 1. The van der Waals surface area contributed by atoms with Gasteiger partial charge in [-0.2, -0.15) is 0 Å². The summed E-state index contributed by atoms with van der Waals surface area (Å²) in [6.07, 6.45) is 2.45. The molecule has 0 radical (unpaired) electrons. The van der Waals surface area contributed by atoms with E-state index in [0.29, 0.717) is 5.69 Å². The number of hydrogen-bond acceptors (Lipinski definition) is 7. The van der Waals surface area contributed by atoms with Crippen molar-refractivity contribution in [3.05, 3.63) is 17.8 Å². The highest BCUT2D eigenvalue weighted by Gasteiger charge is 2.13. The van der Waals surface area contributed by atoms with Crippen LogP contribution in [0, 0.1) is 0 Å². The highest BCUT2D eigenvalue weighted by molar-refractivity contribution is 7.88. The number of carbonyl (C=O) groups excluding carboxylic acids is 1. The van der Waals surface area contributed by atoms with Crippen LogP contribution < -0.4 is 15.8 Å². The fourth-order valence-corrected chi connectivity index (χ4v) is 1.78. The molecule has 106 valence electrons. The minimum Gasteiger partial charge on any atom is -0.465 e. The molecule has 0 fully saturated rings. The Morgan fingerprint density at radius 2 is 2.16 bits per heavy atom. The number of esters is 1. The van der Waals surface area contributed by atoms with Crippen LogP contribution in [0.3, 0.4) is 0 Å². The molecule has 19 heavy (non-hydrogen) atoms. The molecule has 0 aromatic carbocycles. The fraction of sp³-hybridized carbons (Fsp3) is 0.400. The maximum atomic E-state index is 11.5. The van der Waals surface area contributed by atoms with Gasteiger partial charge in [0.25, 0.3) is 0 Å². The Labute approximate surface area is 111 Å². The second kappa shape index (κ2) is 6.34. The first-order valence-corrected chi connectivity index (χ1v) is 7.25. The molecule has 1 aromatic rings. The second-order valence-corrected chi connectivity index (χ2v) is 5.58. The van der Waals surface area contributed by atoms with Crippen LogP contribution >= 0.6 is 0 Å². The number of methoxy groups -OCH3 is 1. The van der Waals surface area contributed by atoms with Gasteiger partial charge in [0.1, 0.15) is 11.4 Å². The molecule has 0 atom stereocenters. The maximum absolute atomic E-state index is 11.5. The van der Waals surface area contributed by atoms with Crippen molar-refractivity contribution in [1.82, 2.24) is 9.71 Å². The number of sulfonamides is 1. The van der Waals surface area contributed by atoms with Crippen molar-refractivity contribution < 1.29 is 17.9 Å². The normalized spacial score (nSPS) is 11.1. The summed E-state index contributed by atoms with van der Waals surface area (Å²) < 4.78 is 28.6. The van der Waals surface area contributed by atoms with Gasteiger partial charge in [-0.15, -0.1) is 0 Å². The number of aromatic nitrogens is 1. The van der Waals surface area contributed by atoms with Crippen LogP contribution in [-0.2, 0) is 14.8 Å². The minimum atomic E-state index is -3.24. The van der Waals surface area contributed by atoms with Gasteiger partial charge in [0, 0.05) is 13.1 Å². The molecule has 0 aliphatic rings. The Balaban J connectivity index is 2.70. The van der Waals surface area contributed by atoms with E-state index < -0.39 is 16.0 Å². The predicted octanol–water partition coefficient (Wildman–Crippen LogP) is -0.588. The number of nitrogens with one attached hydrogen (secondary N) is 2. The molecule has 0 saturated carbocycles. The first kappa shape index (κ1) is 15.2. The van der Waals surface area contributed by atoms with Gasteiger partial charge in [-0.3, -0.25) is 0 Å². The summed E-state index contributed by atoms with van der Waals surface area (Å²) in [5.74, 6) is -0.283. The van der Waals surface area contributed by atoms with Crippen molar-refractivity contribution in [2.75, 3.05) is 37.5 Å². The summed E-state index contributed by atoms with van der Waals surface area (Å²) in [4.78, 5) is 15.5. The lowest BCUT2D eigenvalue weighted by Gasteiger charge is -2.10. The Kier molecular flexibility index (Phi) is 5.07. The highest BCUT2D eigenvalue weighted by Crippen LogP contribution is 2.16. The van der Waals surface area contributed by atoms with Crippen molar-refractivity contribution in [2.45, 2.75) is 0 Å². The Bertz CT molecular complexity index is 559.